The molecule has 2 N–H and O–H groups in total. The number of aryl methyl sites for hydroxylation is 1. The van der Waals surface area contributed by atoms with E-state index in [1.807, 2.05) is 19.9 Å². The lowest BCUT2D eigenvalue weighted by Crippen LogP contribution is -2.27. The quantitative estimate of drug-likeness (QED) is 0.868. The maximum absolute atomic E-state index is 13.7. The summed E-state index contributed by atoms with van der Waals surface area (Å²) >= 11 is 0. The molecule has 0 saturated heterocycles. The molecule has 0 radical (unpaired) electrons. The van der Waals surface area contributed by atoms with Crippen LogP contribution >= 0.6 is 0 Å². The molecule has 0 amide bonds. The fourth-order valence-corrected chi connectivity index (χ4v) is 2.33. The first-order chi connectivity index (χ1) is 8.52. The second-order valence-electron chi connectivity index (χ2n) is 5.43. The van der Waals surface area contributed by atoms with E-state index in [0.717, 1.165) is 30.3 Å². The molecule has 1 aliphatic carbocycles. The van der Waals surface area contributed by atoms with Gasteiger partial charge in [0, 0.05) is 24.8 Å². The van der Waals surface area contributed by atoms with Crippen molar-refractivity contribution < 1.29 is 4.39 Å². The third-order valence-corrected chi connectivity index (χ3v) is 3.70. The highest BCUT2D eigenvalue weighted by Crippen LogP contribution is 2.34. The lowest BCUT2D eigenvalue weighted by atomic mass is 10.0. The average molecular weight is 250 g/mol. The van der Waals surface area contributed by atoms with Crippen LogP contribution in [-0.4, -0.2) is 13.1 Å². The van der Waals surface area contributed by atoms with Crippen molar-refractivity contribution in [2.24, 2.45) is 11.7 Å². The molecule has 0 spiro atoms. The van der Waals surface area contributed by atoms with Crippen LogP contribution in [0.4, 0.5) is 10.1 Å². The molecule has 100 valence electrons. The summed E-state index contributed by atoms with van der Waals surface area (Å²) in [6, 6.07) is 3.41. The van der Waals surface area contributed by atoms with Crippen LogP contribution < -0.4 is 10.6 Å². The Bertz CT molecular complexity index is 425. The van der Waals surface area contributed by atoms with Crippen molar-refractivity contribution in [2.45, 2.75) is 39.7 Å². The number of rotatable bonds is 5. The van der Waals surface area contributed by atoms with E-state index in [2.05, 4.69) is 11.8 Å². The normalized spacial score (nSPS) is 16.7. The number of anilines is 1. The molecule has 18 heavy (non-hydrogen) atoms. The first-order valence-corrected chi connectivity index (χ1v) is 6.83. The van der Waals surface area contributed by atoms with Crippen LogP contribution in [0, 0.1) is 18.7 Å². The zero-order valence-corrected chi connectivity index (χ0v) is 11.5. The molecular formula is C15H23FN2. The minimum atomic E-state index is -0.159. The predicted molar refractivity (Wildman–Crippen MR) is 74.4 cm³/mol. The Kier molecular flexibility index (Phi) is 3.91. The Morgan fingerprint density at radius 3 is 2.61 bits per heavy atom. The summed E-state index contributed by atoms with van der Waals surface area (Å²) < 4.78 is 13.7. The van der Waals surface area contributed by atoms with Crippen molar-refractivity contribution in [1.82, 2.24) is 0 Å². The van der Waals surface area contributed by atoms with Gasteiger partial charge in [-0.2, -0.15) is 0 Å². The van der Waals surface area contributed by atoms with Crippen molar-refractivity contribution in [3.05, 3.63) is 29.1 Å². The van der Waals surface area contributed by atoms with E-state index >= 15 is 0 Å². The van der Waals surface area contributed by atoms with Crippen LogP contribution in [0.5, 0.6) is 0 Å². The zero-order valence-electron chi connectivity index (χ0n) is 11.5. The number of nitrogens with two attached hydrogens (primary N) is 1. The first-order valence-electron chi connectivity index (χ1n) is 6.83. The Morgan fingerprint density at radius 1 is 1.44 bits per heavy atom. The predicted octanol–water partition coefficient (Wildman–Crippen LogP) is 3.39. The van der Waals surface area contributed by atoms with E-state index in [0.29, 0.717) is 5.56 Å². The number of nitrogens with zero attached hydrogens (tertiary/aromatic N) is 1. The van der Waals surface area contributed by atoms with E-state index in [1.165, 1.54) is 12.8 Å². The van der Waals surface area contributed by atoms with Gasteiger partial charge in [0.2, 0.25) is 0 Å². The summed E-state index contributed by atoms with van der Waals surface area (Å²) in [6.07, 6.45) is 2.65. The number of hydrogen-bond acceptors (Lipinski definition) is 2. The van der Waals surface area contributed by atoms with Crippen molar-refractivity contribution in [1.29, 1.82) is 0 Å². The molecule has 2 nitrogen and oxygen atoms in total. The SMILES string of the molecule is CCN(CC1CC1)c1cc(C)c(F)cc1[C@H](C)N. The summed E-state index contributed by atoms with van der Waals surface area (Å²) in [5, 5.41) is 0. The minimum absolute atomic E-state index is 0.136. The van der Waals surface area contributed by atoms with Gasteiger partial charge >= 0.3 is 0 Å². The molecule has 1 aromatic rings. The Morgan fingerprint density at radius 2 is 2.11 bits per heavy atom. The summed E-state index contributed by atoms with van der Waals surface area (Å²) in [5.74, 6) is 0.657. The van der Waals surface area contributed by atoms with E-state index < -0.39 is 0 Å². The molecule has 0 aliphatic heterocycles. The van der Waals surface area contributed by atoms with Gasteiger partial charge in [-0.15, -0.1) is 0 Å². The van der Waals surface area contributed by atoms with Crippen molar-refractivity contribution in [3.8, 4) is 0 Å². The monoisotopic (exact) mass is 250 g/mol. The van der Waals surface area contributed by atoms with Crippen LogP contribution in [0.2, 0.25) is 0 Å². The van der Waals surface area contributed by atoms with Crippen LogP contribution in [-0.2, 0) is 0 Å². The van der Waals surface area contributed by atoms with Gasteiger partial charge in [-0.1, -0.05) is 0 Å². The van der Waals surface area contributed by atoms with E-state index in [1.54, 1.807) is 6.07 Å². The number of hydrogen-bond donors (Lipinski definition) is 1. The summed E-state index contributed by atoms with van der Waals surface area (Å²) in [7, 11) is 0. The van der Waals surface area contributed by atoms with Crippen molar-refractivity contribution in [3.63, 3.8) is 0 Å². The molecule has 3 heteroatoms. The zero-order chi connectivity index (χ0) is 13.3. The third kappa shape index (κ3) is 2.83. The highest BCUT2D eigenvalue weighted by molar-refractivity contribution is 5.57. The molecular weight excluding hydrogens is 227 g/mol. The molecule has 1 aliphatic rings. The lowest BCUT2D eigenvalue weighted by Gasteiger charge is -2.27. The van der Waals surface area contributed by atoms with Crippen molar-refractivity contribution >= 4 is 5.69 Å². The molecule has 1 aromatic carbocycles. The molecule has 0 aromatic heterocycles. The minimum Gasteiger partial charge on any atom is -0.371 e. The van der Waals surface area contributed by atoms with Gasteiger partial charge < -0.3 is 10.6 Å². The second kappa shape index (κ2) is 5.27. The highest BCUT2D eigenvalue weighted by atomic mass is 19.1. The van der Waals surface area contributed by atoms with Gasteiger partial charge in [-0.25, -0.2) is 4.39 Å². The second-order valence-corrected chi connectivity index (χ2v) is 5.43. The largest absolute Gasteiger partial charge is 0.371 e. The van der Waals surface area contributed by atoms with E-state index in [4.69, 9.17) is 5.73 Å². The molecule has 2 rings (SSSR count). The Labute approximate surface area is 109 Å². The number of halogens is 1. The topological polar surface area (TPSA) is 29.3 Å². The fourth-order valence-electron chi connectivity index (χ4n) is 2.33. The highest BCUT2D eigenvalue weighted by Gasteiger charge is 2.25. The van der Waals surface area contributed by atoms with E-state index in [-0.39, 0.29) is 11.9 Å². The summed E-state index contributed by atoms with van der Waals surface area (Å²) in [5.41, 5.74) is 8.70. The van der Waals surface area contributed by atoms with E-state index in [9.17, 15) is 4.39 Å². The summed E-state index contributed by atoms with van der Waals surface area (Å²) in [6.45, 7) is 7.89. The maximum atomic E-state index is 13.7. The molecule has 1 saturated carbocycles. The molecule has 0 heterocycles. The smallest absolute Gasteiger partial charge is 0.126 e. The van der Waals surface area contributed by atoms with Gasteiger partial charge in [0.05, 0.1) is 0 Å². The molecule has 1 atom stereocenters. The van der Waals surface area contributed by atoms with Crippen LogP contribution in [0.15, 0.2) is 12.1 Å². The Hall–Kier alpha value is -1.09. The van der Waals surface area contributed by atoms with Gasteiger partial charge in [0.15, 0.2) is 0 Å². The Balaban J connectivity index is 2.35. The molecule has 1 fully saturated rings. The van der Waals surface area contributed by atoms with Crippen LogP contribution in [0.3, 0.4) is 0 Å². The van der Waals surface area contributed by atoms with Crippen molar-refractivity contribution in [2.75, 3.05) is 18.0 Å². The van der Waals surface area contributed by atoms with Crippen LogP contribution in [0.25, 0.3) is 0 Å². The third-order valence-electron chi connectivity index (χ3n) is 3.70. The van der Waals surface area contributed by atoms with Gasteiger partial charge in [-0.3, -0.25) is 0 Å². The molecule has 0 unspecified atom stereocenters. The summed E-state index contributed by atoms with van der Waals surface area (Å²) in [4.78, 5) is 2.34. The number of benzene rings is 1. The van der Waals surface area contributed by atoms with Gasteiger partial charge in [0.1, 0.15) is 5.82 Å². The maximum Gasteiger partial charge on any atom is 0.126 e. The lowest BCUT2D eigenvalue weighted by molar-refractivity contribution is 0.611. The molecule has 0 bridgehead atoms. The standard InChI is InChI=1S/C15H23FN2/c1-4-18(9-12-5-6-12)15-7-10(2)14(16)8-13(15)11(3)17/h7-8,11-12H,4-6,9,17H2,1-3H3/t11-/m0/s1. The average Bonchev–Trinajstić information content (AvgIpc) is 3.13. The van der Waals surface area contributed by atoms with Gasteiger partial charge in [0.25, 0.3) is 0 Å². The first kappa shape index (κ1) is 13.3. The van der Waals surface area contributed by atoms with Crippen LogP contribution in [0.1, 0.15) is 43.9 Å². The fraction of sp³-hybridized carbons (Fsp3) is 0.600. The van der Waals surface area contributed by atoms with Gasteiger partial charge in [-0.05, 0) is 62.8 Å².